The van der Waals surface area contributed by atoms with Gasteiger partial charge in [0.05, 0.1) is 0 Å². The van der Waals surface area contributed by atoms with Crippen molar-refractivity contribution in [2.24, 2.45) is 0 Å². The fourth-order valence-corrected chi connectivity index (χ4v) is 3.24. The van der Waals surface area contributed by atoms with Gasteiger partial charge in [-0.3, -0.25) is 9.80 Å². The fourth-order valence-electron chi connectivity index (χ4n) is 3.24. The van der Waals surface area contributed by atoms with Crippen molar-refractivity contribution in [3.05, 3.63) is 70.8 Å². The van der Waals surface area contributed by atoms with E-state index in [4.69, 9.17) is 0 Å². The van der Waals surface area contributed by atoms with E-state index in [1.165, 1.54) is 48.4 Å². The summed E-state index contributed by atoms with van der Waals surface area (Å²) in [6, 6.07) is 17.8. The Morgan fingerprint density at radius 3 is 1.45 bits per heavy atom. The van der Waals surface area contributed by atoms with Crippen molar-refractivity contribution in [2.75, 3.05) is 26.2 Å². The number of rotatable bonds is 4. The molecule has 3 rings (SSSR count). The van der Waals surface area contributed by atoms with Crippen LogP contribution in [0.4, 0.5) is 0 Å². The van der Waals surface area contributed by atoms with Crippen molar-refractivity contribution in [2.45, 2.75) is 26.9 Å². The van der Waals surface area contributed by atoms with Crippen LogP contribution in [0, 0.1) is 13.8 Å². The van der Waals surface area contributed by atoms with Crippen LogP contribution in [-0.2, 0) is 13.1 Å². The Bertz CT molecular complexity index is 557. The van der Waals surface area contributed by atoms with Crippen LogP contribution < -0.4 is 0 Å². The molecule has 0 aromatic heterocycles. The molecule has 0 radical (unpaired) electrons. The molecule has 2 nitrogen and oxygen atoms in total. The van der Waals surface area contributed by atoms with Gasteiger partial charge in [0.25, 0.3) is 0 Å². The zero-order chi connectivity index (χ0) is 15.4. The quantitative estimate of drug-likeness (QED) is 0.850. The molecule has 2 aromatic carbocycles. The number of hydrogen-bond donors (Lipinski definition) is 0. The molecule has 0 aliphatic carbocycles. The largest absolute Gasteiger partial charge is 0.297 e. The summed E-state index contributed by atoms with van der Waals surface area (Å²) in [7, 11) is 0. The van der Waals surface area contributed by atoms with Gasteiger partial charge in [-0.05, 0) is 25.0 Å². The fraction of sp³-hybridized carbons (Fsp3) is 0.400. The van der Waals surface area contributed by atoms with Gasteiger partial charge in [0.2, 0.25) is 0 Å². The predicted octanol–water partition coefficient (Wildman–Crippen LogP) is 3.62. The van der Waals surface area contributed by atoms with Gasteiger partial charge in [0, 0.05) is 39.3 Å². The van der Waals surface area contributed by atoms with Crippen molar-refractivity contribution in [3.8, 4) is 0 Å². The highest BCUT2D eigenvalue weighted by Gasteiger charge is 2.17. The molecular weight excluding hydrogens is 268 g/mol. The summed E-state index contributed by atoms with van der Waals surface area (Å²) in [5, 5.41) is 0. The Labute approximate surface area is 134 Å². The van der Waals surface area contributed by atoms with Gasteiger partial charge >= 0.3 is 0 Å². The average molecular weight is 294 g/mol. The molecule has 0 atom stereocenters. The maximum Gasteiger partial charge on any atom is 0.0234 e. The molecule has 1 aliphatic rings. The van der Waals surface area contributed by atoms with Crippen molar-refractivity contribution < 1.29 is 0 Å². The van der Waals surface area contributed by atoms with Crippen LogP contribution in [0.1, 0.15) is 22.3 Å². The molecule has 0 amide bonds. The second kappa shape index (κ2) is 7.08. The van der Waals surface area contributed by atoms with E-state index in [-0.39, 0.29) is 0 Å². The maximum atomic E-state index is 2.57. The zero-order valence-corrected chi connectivity index (χ0v) is 13.8. The lowest BCUT2D eigenvalue weighted by Crippen LogP contribution is -2.45. The summed E-state index contributed by atoms with van der Waals surface area (Å²) in [5.41, 5.74) is 5.59. The molecular formula is C20H26N2. The van der Waals surface area contributed by atoms with Gasteiger partial charge in [-0.15, -0.1) is 0 Å². The van der Waals surface area contributed by atoms with E-state index in [1.807, 2.05) is 0 Å². The number of hydrogen-bond acceptors (Lipinski definition) is 2. The van der Waals surface area contributed by atoms with E-state index in [0.29, 0.717) is 0 Å². The number of piperazine rings is 1. The van der Waals surface area contributed by atoms with E-state index in [1.54, 1.807) is 0 Å². The van der Waals surface area contributed by atoms with Gasteiger partial charge in [-0.2, -0.15) is 0 Å². The van der Waals surface area contributed by atoms with Gasteiger partial charge in [0.15, 0.2) is 0 Å². The molecule has 1 heterocycles. The molecule has 2 aromatic rings. The topological polar surface area (TPSA) is 6.48 Å². The molecule has 0 saturated carbocycles. The van der Waals surface area contributed by atoms with Crippen molar-refractivity contribution in [1.29, 1.82) is 0 Å². The summed E-state index contributed by atoms with van der Waals surface area (Å²) in [4.78, 5) is 5.14. The van der Waals surface area contributed by atoms with Gasteiger partial charge in [0.1, 0.15) is 0 Å². The third-order valence-electron chi connectivity index (χ3n) is 4.44. The second-order valence-electron chi connectivity index (χ2n) is 6.53. The first-order chi connectivity index (χ1) is 10.7. The molecule has 0 spiro atoms. The van der Waals surface area contributed by atoms with Gasteiger partial charge in [-0.1, -0.05) is 59.7 Å². The lowest BCUT2D eigenvalue weighted by molar-refractivity contribution is 0.122. The Kier molecular flexibility index (Phi) is 4.91. The summed E-state index contributed by atoms with van der Waals surface area (Å²) < 4.78 is 0. The second-order valence-corrected chi connectivity index (χ2v) is 6.53. The predicted molar refractivity (Wildman–Crippen MR) is 92.9 cm³/mol. The van der Waals surface area contributed by atoms with E-state index in [2.05, 4.69) is 72.2 Å². The van der Waals surface area contributed by atoms with Gasteiger partial charge in [-0.25, -0.2) is 0 Å². The monoisotopic (exact) mass is 294 g/mol. The summed E-state index contributed by atoms with van der Waals surface area (Å²) >= 11 is 0. The standard InChI is InChI=1S/C20H26N2/c1-17-5-3-7-19(13-17)15-21-9-11-22(12-10-21)16-20-8-4-6-18(2)14-20/h3-8,13-14H,9-12,15-16H2,1-2H3. The minimum atomic E-state index is 1.08. The zero-order valence-electron chi connectivity index (χ0n) is 13.8. The minimum absolute atomic E-state index is 1.08. The number of benzene rings is 2. The molecule has 0 bridgehead atoms. The maximum absolute atomic E-state index is 2.57. The third-order valence-corrected chi connectivity index (χ3v) is 4.44. The normalized spacial score (nSPS) is 16.8. The molecule has 2 heteroatoms. The minimum Gasteiger partial charge on any atom is -0.297 e. The average Bonchev–Trinajstić information content (AvgIpc) is 2.49. The summed E-state index contributed by atoms with van der Waals surface area (Å²) in [5.74, 6) is 0. The van der Waals surface area contributed by atoms with Crippen LogP contribution in [0.2, 0.25) is 0 Å². The van der Waals surface area contributed by atoms with Crippen LogP contribution in [0.5, 0.6) is 0 Å². The van der Waals surface area contributed by atoms with Crippen LogP contribution in [0.15, 0.2) is 48.5 Å². The third kappa shape index (κ3) is 4.19. The first-order valence-corrected chi connectivity index (χ1v) is 8.25. The van der Waals surface area contributed by atoms with Gasteiger partial charge < -0.3 is 0 Å². The molecule has 1 aliphatic heterocycles. The summed E-state index contributed by atoms with van der Waals surface area (Å²) in [6.07, 6.45) is 0. The molecule has 1 saturated heterocycles. The highest BCUT2D eigenvalue weighted by atomic mass is 15.3. The molecule has 0 unspecified atom stereocenters. The smallest absolute Gasteiger partial charge is 0.0234 e. The van der Waals surface area contributed by atoms with Crippen LogP contribution in [-0.4, -0.2) is 36.0 Å². The lowest BCUT2D eigenvalue weighted by Gasteiger charge is -2.34. The molecule has 1 fully saturated rings. The Hall–Kier alpha value is -1.64. The Morgan fingerprint density at radius 2 is 1.09 bits per heavy atom. The Morgan fingerprint density at radius 1 is 0.682 bits per heavy atom. The summed E-state index contributed by atoms with van der Waals surface area (Å²) in [6.45, 7) is 11.2. The molecule has 22 heavy (non-hydrogen) atoms. The first kappa shape index (κ1) is 15.3. The van der Waals surface area contributed by atoms with E-state index in [0.717, 1.165) is 13.1 Å². The first-order valence-electron chi connectivity index (χ1n) is 8.25. The highest BCUT2D eigenvalue weighted by Crippen LogP contribution is 2.13. The van der Waals surface area contributed by atoms with Crippen molar-refractivity contribution in [1.82, 2.24) is 9.80 Å². The van der Waals surface area contributed by atoms with Crippen molar-refractivity contribution >= 4 is 0 Å². The Balaban J connectivity index is 1.50. The van der Waals surface area contributed by atoms with E-state index in [9.17, 15) is 0 Å². The van der Waals surface area contributed by atoms with E-state index >= 15 is 0 Å². The lowest BCUT2D eigenvalue weighted by atomic mass is 10.1. The van der Waals surface area contributed by atoms with Crippen LogP contribution in [0.3, 0.4) is 0 Å². The highest BCUT2D eigenvalue weighted by molar-refractivity contribution is 5.23. The van der Waals surface area contributed by atoms with Crippen LogP contribution in [0.25, 0.3) is 0 Å². The van der Waals surface area contributed by atoms with Crippen molar-refractivity contribution in [3.63, 3.8) is 0 Å². The molecule has 116 valence electrons. The molecule has 0 N–H and O–H groups in total. The number of nitrogens with zero attached hydrogens (tertiary/aromatic N) is 2. The van der Waals surface area contributed by atoms with E-state index < -0.39 is 0 Å². The number of aryl methyl sites for hydroxylation is 2. The SMILES string of the molecule is Cc1cccc(CN2CCN(Cc3cccc(C)c3)CC2)c1. The van der Waals surface area contributed by atoms with Crippen LogP contribution >= 0.6 is 0 Å².